The summed E-state index contributed by atoms with van der Waals surface area (Å²) in [6.45, 7) is 6.32. The zero-order chi connectivity index (χ0) is 17.1. The van der Waals surface area contributed by atoms with Crippen LogP contribution in [0.2, 0.25) is 0 Å². The van der Waals surface area contributed by atoms with Crippen molar-refractivity contribution in [3.8, 4) is 0 Å². The minimum absolute atomic E-state index is 0.122. The molecule has 3 rings (SSSR count). The second kappa shape index (κ2) is 6.87. The van der Waals surface area contributed by atoms with E-state index in [1.165, 1.54) is 22.4 Å². The maximum atomic E-state index is 12.2. The van der Waals surface area contributed by atoms with Gasteiger partial charge < -0.3 is 4.98 Å². The van der Waals surface area contributed by atoms with Crippen molar-refractivity contribution in [2.45, 2.75) is 40.0 Å². The molecule has 2 heterocycles. The van der Waals surface area contributed by atoms with Crippen LogP contribution in [-0.4, -0.2) is 16.6 Å². The second-order valence-corrected chi connectivity index (χ2v) is 6.16. The molecule has 0 saturated carbocycles. The lowest BCUT2D eigenvalue weighted by molar-refractivity contribution is -0.116. The lowest BCUT2D eigenvalue weighted by Crippen LogP contribution is -2.13. The van der Waals surface area contributed by atoms with Crippen molar-refractivity contribution in [2.75, 3.05) is 0 Å². The minimum Gasteiger partial charge on any atom is -0.359 e. The molecule has 0 spiro atoms. The van der Waals surface area contributed by atoms with Crippen LogP contribution in [0.5, 0.6) is 0 Å². The quantitative estimate of drug-likeness (QED) is 0.811. The number of benzene rings is 1. The highest BCUT2D eigenvalue weighted by Gasteiger charge is 2.23. The number of nitrogens with one attached hydrogen (secondary N) is 2. The molecule has 4 nitrogen and oxygen atoms in total. The Hall–Kier alpha value is -2.62. The zero-order valence-corrected chi connectivity index (χ0v) is 14.4. The zero-order valence-electron chi connectivity index (χ0n) is 14.4. The Labute approximate surface area is 142 Å². The lowest BCUT2D eigenvalue weighted by atomic mass is 10.0. The topological polar surface area (TPSA) is 57.2 Å². The highest BCUT2D eigenvalue weighted by Crippen LogP contribution is 2.22. The fraction of sp³-hybridized carbons (Fsp3) is 0.300. The number of carbonyl (C=O) groups excluding carboxylic acids is 1. The first-order valence-electron chi connectivity index (χ1n) is 8.41. The summed E-state index contributed by atoms with van der Waals surface area (Å²) in [6, 6.07) is 10.3. The third-order valence-corrected chi connectivity index (χ3v) is 4.61. The van der Waals surface area contributed by atoms with Crippen LogP contribution < -0.4 is 5.43 Å². The van der Waals surface area contributed by atoms with Gasteiger partial charge in [-0.1, -0.05) is 37.3 Å². The molecule has 2 N–H and O–H groups in total. The molecule has 0 unspecified atom stereocenters. The summed E-state index contributed by atoms with van der Waals surface area (Å²) in [5.74, 6) is -0.122. The maximum absolute atomic E-state index is 12.2. The summed E-state index contributed by atoms with van der Waals surface area (Å²) in [6.07, 6.45) is 4.54. The minimum atomic E-state index is -0.122. The lowest BCUT2D eigenvalue weighted by Gasteiger charge is -2.03. The normalized spacial score (nSPS) is 15.7. The number of rotatable bonds is 5. The molecule has 1 aromatic heterocycles. The average molecular weight is 321 g/mol. The van der Waals surface area contributed by atoms with E-state index < -0.39 is 0 Å². The number of hydrogen-bond donors (Lipinski definition) is 2. The molecule has 0 saturated heterocycles. The van der Waals surface area contributed by atoms with Crippen LogP contribution in [0.1, 0.15) is 41.4 Å². The molecular formula is C20H23N3O. The van der Waals surface area contributed by atoms with Gasteiger partial charge in [0.05, 0.1) is 11.3 Å². The molecule has 4 heteroatoms. The summed E-state index contributed by atoms with van der Waals surface area (Å²) < 4.78 is 0. The molecule has 0 atom stereocenters. The molecule has 124 valence electrons. The van der Waals surface area contributed by atoms with Crippen LogP contribution in [-0.2, 0) is 17.6 Å². The Morgan fingerprint density at radius 1 is 1.12 bits per heavy atom. The molecule has 0 fully saturated rings. The molecule has 1 amide bonds. The predicted molar refractivity (Wildman–Crippen MR) is 98.0 cm³/mol. The molecular weight excluding hydrogens is 298 g/mol. The van der Waals surface area contributed by atoms with E-state index in [9.17, 15) is 4.79 Å². The summed E-state index contributed by atoms with van der Waals surface area (Å²) in [5.41, 5.74) is 10.0. The summed E-state index contributed by atoms with van der Waals surface area (Å²) in [5, 5.41) is 4.22. The standard InChI is InChI=1S/C20H23N3O/c1-4-16-13(2)19(21-14(16)3)12-17-18(22-23-20(17)24)11-10-15-8-6-5-7-9-15/h5-9,12,21H,4,10-11H2,1-3H3,(H,23,24). The third kappa shape index (κ3) is 3.18. The Morgan fingerprint density at radius 2 is 1.88 bits per heavy atom. The van der Waals surface area contributed by atoms with Crippen molar-refractivity contribution in [1.82, 2.24) is 10.4 Å². The van der Waals surface area contributed by atoms with Crippen molar-refractivity contribution in [3.63, 3.8) is 0 Å². The Bertz CT molecular complexity index is 813. The van der Waals surface area contributed by atoms with Gasteiger partial charge in [0.25, 0.3) is 5.91 Å². The third-order valence-electron chi connectivity index (χ3n) is 4.61. The van der Waals surface area contributed by atoms with E-state index >= 15 is 0 Å². The van der Waals surface area contributed by atoms with Crippen molar-refractivity contribution < 1.29 is 4.79 Å². The molecule has 0 aliphatic carbocycles. The van der Waals surface area contributed by atoms with Crippen LogP contribution >= 0.6 is 0 Å². The van der Waals surface area contributed by atoms with Crippen LogP contribution in [0.3, 0.4) is 0 Å². The van der Waals surface area contributed by atoms with E-state index in [1.54, 1.807) is 0 Å². The Balaban J connectivity index is 1.83. The number of aromatic nitrogens is 1. The SMILES string of the molecule is CCc1c(C)[nH]c(C=C2C(=O)NN=C2CCc2ccccc2)c1C. The smallest absolute Gasteiger partial charge is 0.273 e. The van der Waals surface area contributed by atoms with Crippen molar-refractivity contribution in [1.29, 1.82) is 0 Å². The number of hydrogen-bond acceptors (Lipinski definition) is 2. The van der Waals surface area contributed by atoms with E-state index in [4.69, 9.17) is 0 Å². The van der Waals surface area contributed by atoms with Gasteiger partial charge in [-0.25, -0.2) is 5.43 Å². The number of nitrogens with zero attached hydrogens (tertiary/aromatic N) is 1. The van der Waals surface area contributed by atoms with Crippen LogP contribution in [0.25, 0.3) is 6.08 Å². The highest BCUT2D eigenvalue weighted by molar-refractivity contribution is 6.27. The number of aryl methyl sites for hydroxylation is 2. The van der Waals surface area contributed by atoms with E-state index in [0.717, 1.165) is 30.7 Å². The fourth-order valence-corrected chi connectivity index (χ4v) is 3.25. The monoisotopic (exact) mass is 321 g/mol. The van der Waals surface area contributed by atoms with E-state index in [1.807, 2.05) is 24.3 Å². The van der Waals surface area contributed by atoms with Gasteiger partial charge in [-0.15, -0.1) is 0 Å². The van der Waals surface area contributed by atoms with Gasteiger partial charge in [-0.3, -0.25) is 4.79 Å². The predicted octanol–water partition coefficient (Wildman–Crippen LogP) is 3.70. The van der Waals surface area contributed by atoms with Crippen molar-refractivity contribution in [2.24, 2.45) is 5.10 Å². The molecule has 1 aliphatic rings. The molecule has 2 aromatic rings. The van der Waals surface area contributed by atoms with Crippen LogP contribution in [0, 0.1) is 13.8 Å². The second-order valence-electron chi connectivity index (χ2n) is 6.16. The van der Waals surface area contributed by atoms with Crippen molar-refractivity contribution >= 4 is 17.7 Å². The number of carbonyl (C=O) groups is 1. The van der Waals surface area contributed by atoms with Gasteiger partial charge in [0, 0.05) is 11.4 Å². The van der Waals surface area contributed by atoms with Crippen LogP contribution in [0.15, 0.2) is 41.0 Å². The van der Waals surface area contributed by atoms with E-state index in [-0.39, 0.29) is 5.91 Å². The fourth-order valence-electron chi connectivity index (χ4n) is 3.25. The molecule has 1 aromatic carbocycles. The summed E-state index contributed by atoms with van der Waals surface area (Å²) >= 11 is 0. The van der Waals surface area contributed by atoms with E-state index in [2.05, 4.69) is 48.4 Å². The van der Waals surface area contributed by atoms with Gasteiger partial charge in [-0.2, -0.15) is 5.10 Å². The van der Waals surface area contributed by atoms with Crippen molar-refractivity contribution in [3.05, 3.63) is 64.0 Å². The van der Waals surface area contributed by atoms with E-state index in [0.29, 0.717) is 5.57 Å². The summed E-state index contributed by atoms with van der Waals surface area (Å²) in [7, 11) is 0. The maximum Gasteiger partial charge on any atom is 0.273 e. The molecule has 0 bridgehead atoms. The first kappa shape index (κ1) is 16.2. The first-order chi connectivity index (χ1) is 11.6. The first-order valence-corrected chi connectivity index (χ1v) is 8.41. The van der Waals surface area contributed by atoms with Gasteiger partial charge in [0.15, 0.2) is 0 Å². The highest BCUT2D eigenvalue weighted by atomic mass is 16.2. The van der Waals surface area contributed by atoms with Gasteiger partial charge in [0.2, 0.25) is 0 Å². The summed E-state index contributed by atoms with van der Waals surface area (Å²) in [4.78, 5) is 15.6. The van der Waals surface area contributed by atoms with Crippen LogP contribution in [0.4, 0.5) is 0 Å². The van der Waals surface area contributed by atoms with Gasteiger partial charge in [0.1, 0.15) is 0 Å². The Morgan fingerprint density at radius 3 is 2.54 bits per heavy atom. The average Bonchev–Trinajstić information content (AvgIpc) is 3.07. The van der Waals surface area contributed by atoms with Gasteiger partial charge in [-0.05, 0) is 55.9 Å². The largest absolute Gasteiger partial charge is 0.359 e. The number of amides is 1. The Kier molecular flexibility index (Phi) is 4.65. The number of H-pyrrole nitrogens is 1. The molecule has 1 aliphatic heterocycles. The number of hydrazone groups is 1. The molecule has 0 radical (unpaired) electrons. The number of aromatic amines is 1. The van der Waals surface area contributed by atoms with Gasteiger partial charge >= 0.3 is 0 Å². The molecule has 24 heavy (non-hydrogen) atoms.